The summed E-state index contributed by atoms with van der Waals surface area (Å²) in [5.74, 6) is -1.59. The Morgan fingerprint density at radius 1 is 1.11 bits per heavy atom. The molecule has 3 atom stereocenters. The molecule has 3 N–H and O–H groups in total. The van der Waals surface area contributed by atoms with Gasteiger partial charge in [0.25, 0.3) is 0 Å². The third-order valence-electron chi connectivity index (χ3n) is 8.18. The molecule has 2 aromatic carbocycles. The van der Waals surface area contributed by atoms with Gasteiger partial charge in [0.2, 0.25) is 17.7 Å². The molecular formula is C32H36ClN5O6. The summed E-state index contributed by atoms with van der Waals surface area (Å²) >= 11 is 7.00. The van der Waals surface area contributed by atoms with Gasteiger partial charge in [-0.25, -0.2) is 9.78 Å². The molecule has 2 saturated heterocycles. The van der Waals surface area contributed by atoms with Crippen LogP contribution in [0.5, 0.6) is 5.88 Å². The van der Waals surface area contributed by atoms with Gasteiger partial charge in [0.15, 0.2) is 0 Å². The van der Waals surface area contributed by atoms with Crippen molar-refractivity contribution in [3.63, 3.8) is 0 Å². The Morgan fingerprint density at radius 3 is 2.59 bits per heavy atom. The fourth-order valence-electron chi connectivity index (χ4n) is 5.56. The topological polar surface area (TPSA) is 133 Å². The Morgan fingerprint density at radius 2 is 1.84 bits per heavy atom. The number of aromatic nitrogens is 1. The van der Waals surface area contributed by atoms with E-state index < -0.39 is 29.9 Å². The number of ether oxygens (including phenoxy) is 2. The first-order chi connectivity index (χ1) is 21.1. The lowest BCUT2D eigenvalue weighted by Gasteiger charge is -2.33. The molecule has 3 aromatic rings. The zero-order chi connectivity index (χ0) is 31.5. The number of hydrogen-bond donors (Lipinski definition) is 3. The van der Waals surface area contributed by atoms with Crippen molar-refractivity contribution in [3.05, 3.63) is 64.7 Å². The molecule has 0 spiro atoms. The number of imide groups is 1. The first-order valence-corrected chi connectivity index (χ1v) is 14.7. The van der Waals surface area contributed by atoms with Crippen LogP contribution in [0, 0.1) is 12.8 Å². The Hall–Kier alpha value is -4.03. The number of pyridine rings is 1. The first-order valence-electron chi connectivity index (χ1n) is 14.4. The number of rotatable bonds is 8. The van der Waals surface area contributed by atoms with Crippen LogP contribution in [0.4, 0.5) is 10.5 Å². The highest BCUT2D eigenvalue weighted by atomic mass is 35.5. The molecule has 2 aliphatic heterocycles. The summed E-state index contributed by atoms with van der Waals surface area (Å²) in [5, 5.41) is 16.9. The zero-order valence-corrected chi connectivity index (χ0v) is 25.9. The number of urea groups is 1. The number of anilines is 1. The molecule has 2 fully saturated rings. The van der Waals surface area contributed by atoms with E-state index in [1.54, 1.807) is 20.2 Å². The van der Waals surface area contributed by atoms with Gasteiger partial charge in [-0.1, -0.05) is 48.0 Å². The maximum atomic E-state index is 13.2. The number of aliphatic hydroxyl groups excluding tert-OH is 1. The Bertz CT molecular complexity index is 1580. The van der Waals surface area contributed by atoms with Crippen LogP contribution in [0.1, 0.15) is 17.5 Å². The predicted molar refractivity (Wildman–Crippen MR) is 166 cm³/mol. The van der Waals surface area contributed by atoms with Gasteiger partial charge in [-0.15, -0.1) is 0 Å². The monoisotopic (exact) mass is 621 g/mol. The van der Waals surface area contributed by atoms with Gasteiger partial charge in [-0.05, 0) is 36.6 Å². The SMILES string of the molecule is COc1nc(-c2cccc(-c3cccc(NC(=O)C4CN(C)C(=O)N(C)C4=O)c3C)c2Cl)ccc1CN[C@@H]1CCOC[C@@H]1O. The molecule has 12 heteroatoms. The molecule has 3 heterocycles. The van der Waals surface area contributed by atoms with E-state index in [-0.39, 0.29) is 12.6 Å². The van der Waals surface area contributed by atoms with E-state index in [1.165, 1.54) is 11.9 Å². The average molecular weight is 622 g/mol. The second kappa shape index (κ2) is 13.3. The standard InChI is InChI=1S/C32H36ClN5O6/c1-18-20(7-6-10-24(18)35-29(40)23-16-37(2)32(42)38(3)31(23)41)21-8-5-9-22(28(21)33)25-12-11-19(30(36-25)43-4)15-34-26-13-14-44-17-27(26)39/h5-12,23,26-27,34,39H,13-17H2,1-4H3,(H,35,40)/t23?,26-,27+/m1/s1. The van der Waals surface area contributed by atoms with Crippen molar-refractivity contribution in [2.75, 3.05) is 46.3 Å². The molecule has 0 aliphatic carbocycles. The first kappa shape index (κ1) is 31.4. The summed E-state index contributed by atoms with van der Waals surface area (Å²) in [7, 11) is 4.49. The van der Waals surface area contributed by atoms with E-state index in [0.717, 1.165) is 33.6 Å². The highest BCUT2D eigenvalue weighted by Gasteiger charge is 2.39. The molecule has 2 aliphatic rings. The molecule has 11 nitrogen and oxygen atoms in total. The van der Waals surface area contributed by atoms with Crippen LogP contribution >= 0.6 is 11.6 Å². The van der Waals surface area contributed by atoms with Gasteiger partial charge >= 0.3 is 6.03 Å². The third kappa shape index (κ3) is 6.27. The number of nitrogens with zero attached hydrogens (tertiary/aromatic N) is 3. The Balaban J connectivity index is 1.38. The van der Waals surface area contributed by atoms with Crippen molar-refractivity contribution in [3.8, 4) is 28.3 Å². The van der Waals surface area contributed by atoms with Crippen LogP contribution in [0.3, 0.4) is 0 Å². The van der Waals surface area contributed by atoms with Crippen molar-refractivity contribution < 1.29 is 29.0 Å². The lowest BCUT2D eigenvalue weighted by molar-refractivity contribution is -0.140. The smallest absolute Gasteiger partial charge is 0.326 e. The molecule has 232 valence electrons. The van der Waals surface area contributed by atoms with E-state index in [1.807, 2.05) is 49.4 Å². The summed E-state index contributed by atoms with van der Waals surface area (Å²) in [5.41, 5.74) is 5.04. The number of carbonyl (C=O) groups excluding carboxylic acids is 3. The third-order valence-corrected chi connectivity index (χ3v) is 8.59. The second-order valence-electron chi connectivity index (χ2n) is 11.0. The Kier molecular flexibility index (Phi) is 9.50. The van der Waals surface area contributed by atoms with Crippen molar-refractivity contribution >= 4 is 35.1 Å². The molecule has 44 heavy (non-hydrogen) atoms. The minimum absolute atomic E-state index is 0.00324. The highest BCUT2D eigenvalue weighted by Crippen LogP contribution is 2.39. The summed E-state index contributed by atoms with van der Waals surface area (Å²) in [6, 6.07) is 14.5. The average Bonchev–Trinajstić information content (AvgIpc) is 3.02. The second-order valence-corrected chi connectivity index (χ2v) is 11.4. The molecule has 5 rings (SSSR count). The van der Waals surface area contributed by atoms with Crippen molar-refractivity contribution in [1.82, 2.24) is 20.1 Å². The van der Waals surface area contributed by atoms with Crippen LogP contribution in [-0.4, -0.2) is 90.8 Å². The van der Waals surface area contributed by atoms with Crippen molar-refractivity contribution in [2.24, 2.45) is 5.92 Å². The van der Waals surface area contributed by atoms with Gasteiger partial charge in [-0.3, -0.25) is 14.5 Å². The minimum Gasteiger partial charge on any atom is -0.481 e. The maximum absolute atomic E-state index is 13.2. The van der Waals surface area contributed by atoms with Crippen LogP contribution in [0.15, 0.2) is 48.5 Å². The van der Waals surface area contributed by atoms with Crippen molar-refractivity contribution in [2.45, 2.75) is 32.0 Å². The van der Waals surface area contributed by atoms with Crippen LogP contribution in [0.2, 0.25) is 5.02 Å². The number of hydrogen-bond acceptors (Lipinski definition) is 8. The van der Waals surface area contributed by atoms with Gasteiger partial charge in [0, 0.05) is 62.2 Å². The number of aliphatic hydroxyl groups is 1. The number of nitrogens with one attached hydrogen (secondary N) is 2. The largest absolute Gasteiger partial charge is 0.481 e. The van der Waals surface area contributed by atoms with E-state index in [2.05, 4.69) is 10.6 Å². The van der Waals surface area contributed by atoms with Gasteiger partial charge < -0.3 is 30.1 Å². The van der Waals surface area contributed by atoms with E-state index in [9.17, 15) is 19.5 Å². The van der Waals surface area contributed by atoms with Crippen LogP contribution < -0.4 is 15.4 Å². The lowest BCUT2D eigenvalue weighted by Crippen LogP contribution is -2.56. The van der Waals surface area contributed by atoms with E-state index >= 15 is 0 Å². The molecule has 0 bridgehead atoms. The van der Waals surface area contributed by atoms with E-state index in [4.69, 9.17) is 26.1 Å². The molecule has 0 radical (unpaired) electrons. The van der Waals surface area contributed by atoms with E-state index in [0.29, 0.717) is 47.6 Å². The van der Waals surface area contributed by atoms with Gasteiger partial charge in [0.05, 0.1) is 30.5 Å². The predicted octanol–water partition coefficient (Wildman–Crippen LogP) is 3.70. The number of amides is 4. The maximum Gasteiger partial charge on any atom is 0.326 e. The number of halogens is 1. The lowest BCUT2D eigenvalue weighted by atomic mass is 9.96. The highest BCUT2D eigenvalue weighted by molar-refractivity contribution is 6.36. The van der Waals surface area contributed by atoms with Gasteiger partial charge in [0.1, 0.15) is 5.92 Å². The van der Waals surface area contributed by atoms with Crippen LogP contribution in [0.25, 0.3) is 22.4 Å². The molecule has 0 saturated carbocycles. The van der Waals surface area contributed by atoms with Crippen molar-refractivity contribution in [1.29, 1.82) is 0 Å². The quantitative estimate of drug-likeness (QED) is 0.324. The van der Waals surface area contributed by atoms with Gasteiger partial charge in [-0.2, -0.15) is 0 Å². The Labute approximate surface area is 261 Å². The molecule has 1 unspecified atom stereocenters. The number of carbonyl (C=O) groups is 3. The number of methoxy groups -OCH3 is 1. The number of benzene rings is 2. The summed E-state index contributed by atoms with van der Waals surface area (Å²) in [6.07, 6.45) is 0.151. The summed E-state index contributed by atoms with van der Waals surface area (Å²) in [6.45, 7) is 3.26. The zero-order valence-electron chi connectivity index (χ0n) is 25.1. The molecule has 1 aromatic heterocycles. The minimum atomic E-state index is -1.02. The fourth-order valence-corrected chi connectivity index (χ4v) is 5.89. The summed E-state index contributed by atoms with van der Waals surface area (Å²) in [4.78, 5) is 45.0. The molecule has 4 amide bonds. The summed E-state index contributed by atoms with van der Waals surface area (Å²) < 4.78 is 10.9. The van der Waals surface area contributed by atoms with Crippen LogP contribution in [-0.2, 0) is 20.9 Å². The fraction of sp³-hybridized carbons (Fsp3) is 0.375. The normalized spacial score (nSPS) is 20.5. The molecular weight excluding hydrogens is 586 g/mol.